The highest BCUT2D eigenvalue weighted by Crippen LogP contribution is 2.48. The van der Waals surface area contributed by atoms with Gasteiger partial charge in [-0.1, -0.05) is 0 Å². The third-order valence-electron chi connectivity index (χ3n) is 4.32. The van der Waals surface area contributed by atoms with E-state index in [0.717, 1.165) is 23.7 Å². The number of carbonyl (C=O) groups excluding carboxylic acids is 1. The second-order valence-corrected chi connectivity index (χ2v) is 7.06. The molecular weight excluding hydrogens is 330 g/mol. The molecule has 1 aromatic heterocycles. The quantitative estimate of drug-likeness (QED) is 0.886. The summed E-state index contributed by atoms with van der Waals surface area (Å²) in [6.45, 7) is 0. The van der Waals surface area contributed by atoms with E-state index in [-0.39, 0.29) is 17.9 Å². The number of halogens is 1. The number of rotatable bonds is 3. The Labute approximate surface area is 123 Å². The number of nitrogens with one attached hydrogen (secondary N) is 1. The third kappa shape index (κ3) is 2.21. The van der Waals surface area contributed by atoms with E-state index < -0.39 is 11.9 Å². The minimum atomic E-state index is -0.775. The highest BCUT2D eigenvalue weighted by molar-refractivity contribution is 9.10. The first-order valence-corrected chi connectivity index (χ1v) is 8.02. The fourth-order valence-corrected chi connectivity index (χ4v) is 4.98. The number of carboxylic acid groups (broad SMARTS) is 1. The van der Waals surface area contributed by atoms with E-state index in [2.05, 4.69) is 21.2 Å². The Kier molecular flexibility index (Phi) is 3.39. The molecule has 0 saturated heterocycles. The lowest BCUT2D eigenvalue weighted by Crippen LogP contribution is -2.46. The van der Waals surface area contributed by atoms with Crippen LogP contribution in [0.4, 0.5) is 0 Å². The molecule has 2 aliphatic carbocycles. The number of amides is 1. The van der Waals surface area contributed by atoms with Gasteiger partial charge >= 0.3 is 5.97 Å². The molecule has 4 atom stereocenters. The Morgan fingerprint density at radius 2 is 2.11 bits per heavy atom. The molecule has 1 amide bonds. The molecule has 4 nitrogen and oxygen atoms in total. The molecule has 102 valence electrons. The number of fused-ring (bicyclic) bond motifs is 2. The van der Waals surface area contributed by atoms with Crippen LogP contribution in [0.5, 0.6) is 0 Å². The second kappa shape index (κ2) is 4.90. The van der Waals surface area contributed by atoms with Gasteiger partial charge in [-0.05, 0) is 58.5 Å². The van der Waals surface area contributed by atoms with Gasteiger partial charge in [-0.2, -0.15) is 0 Å². The zero-order chi connectivity index (χ0) is 13.6. The Balaban J connectivity index is 1.77. The molecule has 6 heteroatoms. The SMILES string of the molecule is O=C(NC1C2CCC(C2)C1C(=O)O)c1sccc1Br. The number of hydrogen-bond acceptors (Lipinski definition) is 3. The van der Waals surface area contributed by atoms with E-state index in [0.29, 0.717) is 10.8 Å². The highest BCUT2D eigenvalue weighted by Gasteiger charge is 2.51. The van der Waals surface area contributed by atoms with E-state index in [1.54, 1.807) is 0 Å². The predicted octanol–water partition coefficient (Wildman–Crippen LogP) is 2.74. The summed E-state index contributed by atoms with van der Waals surface area (Å²) < 4.78 is 0.769. The van der Waals surface area contributed by atoms with E-state index in [9.17, 15) is 14.7 Å². The van der Waals surface area contributed by atoms with Crippen LogP contribution in [0.3, 0.4) is 0 Å². The van der Waals surface area contributed by atoms with Crippen LogP contribution in [0.25, 0.3) is 0 Å². The van der Waals surface area contributed by atoms with E-state index in [4.69, 9.17) is 0 Å². The van der Waals surface area contributed by atoms with Crippen molar-refractivity contribution in [2.24, 2.45) is 17.8 Å². The molecule has 2 bridgehead atoms. The fraction of sp³-hybridized carbons (Fsp3) is 0.538. The van der Waals surface area contributed by atoms with Gasteiger partial charge < -0.3 is 10.4 Å². The first-order chi connectivity index (χ1) is 9.08. The van der Waals surface area contributed by atoms with E-state index >= 15 is 0 Å². The Bertz CT molecular complexity index is 530. The summed E-state index contributed by atoms with van der Waals surface area (Å²) in [5.74, 6) is -0.789. The second-order valence-electron chi connectivity index (χ2n) is 5.29. The maximum atomic E-state index is 12.2. The minimum absolute atomic E-state index is 0.161. The van der Waals surface area contributed by atoms with E-state index in [1.807, 2.05) is 11.4 Å². The summed E-state index contributed by atoms with van der Waals surface area (Å²) in [6.07, 6.45) is 2.95. The third-order valence-corrected chi connectivity index (χ3v) is 6.16. The van der Waals surface area contributed by atoms with Gasteiger partial charge in [-0.3, -0.25) is 9.59 Å². The predicted molar refractivity (Wildman–Crippen MR) is 75.2 cm³/mol. The van der Waals surface area contributed by atoms with Crippen molar-refractivity contribution in [2.45, 2.75) is 25.3 Å². The zero-order valence-corrected chi connectivity index (χ0v) is 12.5. The molecule has 0 aromatic carbocycles. The maximum absolute atomic E-state index is 12.2. The van der Waals surface area contributed by atoms with Crippen molar-refractivity contribution in [1.82, 2.24) is 5.32 Å². The van der Waals surface area contributed by atoms with Gasteiger partial charge in [0.1, 0.15) is 4.88 Å². The minimum Gasteiger partial charge on any atom is -0.481 e. The van der Waals surface area contributed by atoms with Crippen LogP contribution in [0.15, 0.2) is 15.9 Å². The molecule has 2 N–H and O–H groups in total. The molecule has 2 fully saturated rings. The van der Waals surface area contributed by atoms with Crippen LogP contribution in [0, 0.1) is 17.8 Å². The molecule has 2 aliphatic rings. The number of aliphatic carboxylic acids is 1. The van der Waals surface area contributed by atoms with Gasteiger partial charge in [0.25, 0.3) is 5.91 Å². The van der Waals surface area contributed by atoms with Crippen molar-refractivity contribution in [3.8, 4) is 0 Å². The van der Waals surface area contributed by atoms with Gasteiger partial charge in [-0.25, -0.2) is 0 Å². The summed E-state index contributed by atoms with van der Waals surface area (Å²) in [4.78, 5) is 24.2. The summed E-state index contributed by atoms with van der Waals surface area (Å²) in [5.41, 5.74) is 0. The number of carbonyl (C=O) groups is 2. The summed E-state index contributed by atoms with van der Waals surface area (Å²) in [6, 6.07) is 1.62. The van der Waals surface area contributed by atoms with Crippen LogP contribution >= 0.6 is 27.3 Å². The molecule has 1 aromatic rings. The standard InChI is InChI=1S/C13H14BrNO3S/c14-8-3-4-19-11(8)12(16)15-10-7-2-1-6(5-7)9(10)13(17)18/h3-4,6-7,9-10H,1-2,5H2,(H,15,16)(H,17,18). The molecule has 2 saturated carbocycles. The molecule has 0 radical (unpaired) electrons. The summed E-state index contributed by atoms with van der Waals surface area (Å²) in [5, 5.41) is 14.1. The lowest BCUT2D eigenvalue weighted by molar-refractivity contribution is -0.144. The molecular formula is C13H14BrNO3S. The van der Waals surface area contributed by atoms with Crippen LogP contribution in [0.1, 0.15) is 28.9 Å². The summed E-state index contributed by atoms with van der Waals surface area (Å²) >= 11 is 4.70. The van der Waals surface area contributed by atoms with Crippen molar-refractivity contribution < 1.29 is 14.7 Å². The lowest BCUT2D eigenvalue weighted by Gasteiger charge is -2.28. The van der Waals surface area contributed by atoms with Crippen molar-refractivity contribution in [2.75, 3.05) is 0 Å². The van der Waals surface area contributed by atoms with Gasteiger partial charge in [-0.15, -0.1) is 11.3 Å². The first-order valence-electron chi connectivity index (χ1n) is 6.34. The van der Waals surface area contributed by atoms with Crippen LogP contribution in [0.2, 0.25) is 0 Å². The first kappa shape index (κ1) is 13.1. The van der Waals surface area contributed by atoms with Gasteiger partial charge in [0.15, 0.2) is 0 Å². The van der Waals surface area contributed by atoms with Gasteiger partial charge in [0.2, 0.25) is 0 Å². The number of carboxylic acids is 1. The fourth-order valence-electron chi connectivity index (χ4n) is 3.53. The Hall–Kier alpha value is -0.880. The maximum Gasteiger partial charge on any atom is 0.308 e. The smallest absolute Gasteiger partial charge is 0.308 e. The van der Waals surface area contributed by atoms with Gasteiger partial charge in [0.05, 0.1) is 5.92 Å². The number of hydrogen-bond donors (Lipinski definition) is 2. The Morgan fingerprint density at radius 3 is 2.74 bits per heavy atom. The van der Waals surface area contributed by atoms with Crippen LogP contribution in [-0.2, 0) is 4.79 Å². The summed E-state index contributed by atoms with van der Waals surface area (Å²) in [7, 11) is 0. The zero-order valence-electron chi connectivity index (χ0n) is 10.1. The van der Waals surface area contributed by atoms with Crippen molar-refractivity contribution in [3.63, 3.8) is 0 Å². The largest absolute Gasteiger partial charge is 0.481 e. The van der Waals surface area contributed by atoms with Crippen molar-refractivity contribution >= 4 is 39.1 Å². The molecule has 4 unspecified atom stereocenters. The van der Waals surface area contributed by atoms with Crippen LogP contribution < -0.4 is 5.32 Å². The van der Waals surface area contributed by atoms with Crippen molar-refractivity contribution in [1.29, 1.82) is 0 Å². The molecule has 1 heterocycles. The molecule has 0 aliphatic heterocycles. The molecule has 19 heavy (non-hydrogen) atoms. The topological polar surface area (TPSA) is 66.4 Å². The van der Waals surface area contributed by atoms with Gasteiger partial charge in [0, 0.05) is 10.5 Å². The Morgan fingerprint density at radius 1 is 1.37 bits per heavy atom. The number of thiophene rings is 1. The average Bonchev–Trinajstić information content (AvgIpc) is 3.03. The van der Waals surface area contributed by atoms with E-state index in [1.165, 1.54) is 11.3 Å². The molecule has 0 spiro atoms. The van der Waals surface area contributed by atoms with Crippen molar-refractivity contribution in [3.05, 3.63) is 20.8 Å². The van der Waals surface area contributed by atoms with Crippen LogP contribution in [-0.4, -0.2) is 23.0 Å². The average molecular weight is 344 g/mol. The lowest BCUT2D eigenvalue weighted by atomic mass is 9.84. The highest BCUT2D eigenvalue weighted by atomic mass is 79.9. The monoisotopic (exact) mass is 343 g/mol. The molecule has 3 rings (SSSR count). The normalized spacial score (nSPS) is 32.5.